The monoisotopic (exact) mass is 445 g/mol. The molecule has 0 bridgehead atoms. The van der Waals surface area contributed by atoms with Gasteiger partial charge in [0.1, 0.15) is 18.8 Å². The van der Waals surface area contributed by atoms with Crippen molar-refractivity contribution in [2.24, 2.45) is 5.41 Å². The van der Waals surface area contributed by atoms with Gasteiger partial charge in [-0.3, -0.25) is 19.3 Å². The average Bonchev–Trinajstić information content (AvgIpc) is 3.28. The van der Waals surface area contributed by atoms with Crippen LogP contribution >= 0.6 is 0 Å². The fraction of sp³-hybridized carbons (Fsp3) is 0.591. The molecule has 0 unspecified atom stereocenters. The maximum atomic E-state index is 14.3. The van der Waals surface area contributed by atoms with Gasteiger partial charge < -0.3 is 15.3 Å². The summed E-state index contributed by atoms with van der Waals surface area (Å²) in [5.74, 6) is -2.04. The number of amides is 2. The van der Waals surface area contributed by atoms with Gasteiger partial charge >= 0.3 is 5.97 Å². The van der Waals surface area contributed by atoms with Crippen LogP contribution in [0.4, 0.5) is 4.39 Å². The zero-order valence-electron chi connectivity index (χ0n) is 18.3. The Morgan fingerprint density at radius 1 is 1.34 bits per heavy atom. The first-order valence-corrected chi connectivity index (χ1v) is 10.9. The van der Waals surface area contributed by atoms with Crippen LogP contribution in [0.15, 0.2) is 18.5 Å². The number of hydrogen-bond donors (Lipinski definition) is 2. The summed E-state index contributed by atoms with van der Waals surface area (Å²) < 4.78 is 15.5. The van der Waals surface area contributed by atoms with Crippen molar-refractivity contribution >= 4 is 28.7 Å². The van der Waals surface area contributed by atoms with Crippen LogP contribution in [0.1, 0.15) is 56.4 Å². The molecule has 32 heavy (non-hydrogen) atoms. The van der Waals surface area contributed by atoms with Crippen molar-refractivity contribution in [1.29, 1.82) is 0 Å². The molecule has 2 aromatic rings. The fourth-order valence-electron chi connectivity index (χ4n) is 4.95. The number of carboxylic acids is 1. The van der Waals surface area contributed by atoms with Crippen molar-refractivity contribution in [3.8, 4) is 0 Å². The highest BCUT2D eigenvalue weighted by Gasteiger charge is 2.41. The van der Waals surface area contributed by atoms with E-state index in [0.717, 1.165) is 25.7 Å². The number of carbonyl (C=O) groups is 3. The van der Waals surface area contributed by atoms with Gasteiger partial charge in [0.05, 0.1) is 18.3 Å². The molecule has 0 radical (unpaired) electrons. The Morgan fingerprint density at radius 2 is 2.12 bits per heavy atom. The van der Waals surface area contributed by atoms with Crippen LogP contribution < -0.4 is 5.32 Å². The Bertz CT molecular complexity index is 1050. The summed E-state index contributed by atoms with van der Waals surface area (Å²) in [6.07, 6.45) is 5.39. The highest BCUT2D eigenvalue weighted by atomic mass is 19.1. The van der Waals surface area contributed by atoms with Crippen LogP contribution in [0.2, 0.25) is 0 Å². The third-order valence-corrected chi connectivity index (χ3v) is 6.47. The smallest absolute Gasteiger partial charge is 0.357 e. The number of hydrogen-bond acceptors (Lipinski definition) is 5. The van der Waals surface area contributed by atoms with Crippen molar-refractivity contribution in [2.45, 2.75) is 70.8 Å². The molecular formula is C22H28FN5O4. The second kappa shape index (κ2) is 8.48. The number of rotatable bonds is 5. The zero-order chi connectivity index (χ0) is 23.0. The quantitative estimate of drug-likeness (QED) is 0.728. The lowest BCUT2D eigenvalue weighted by molar-refractivity contribution is -0.139. The predicted octanol–water partition coefficient (Wildman–Crippen LogP) is 2.15. The Kier molecular flexibility index (Phi) is 5.87. The van der Waals surface area contributed by atoms with Crippen LogP contribution in [0.5, 0.6) is 0 Å². The number of alkyl halides is 1. The highest BCUT2D eigenvalue weighted by Crippen LogP contribution is 2.35. The van der Waals surface area contributed by atoms with Crippen LogP contribution in [-0.4, -0.2) is 67.4 Å². The molecule has 172 valence electrons. The normalized spacial score (nSPS) is 25.1. The molecule has 3 heterocycles. The number of pyridine rings is 1. The summed E-state index contributed by atoms with van der Waals surface area (Å²) in [7, 11) is 0. The standard InChI is InChI=1S/C22H28FN5O4/c1-22(2)6-3-4-14(9-22)25-20(30)16-8-13(23)11-27(16)18(29)12-28-17-10-24-7-5-15(17)19(26-28)21(31)32/h5,7,10,13-14,16H,3-4,6,8-9,11-12H2,1-2H3,(H,25,30)(H,31,32)/t13-,14+,16+/m1/s1. The summed E-state index contributed by atoms with van der Waals surface area (Å²) >= 11 is 0. The Hall–Kier alpha value is -3.04. The van der Waals surface area contributed by atoms with Gasteiger partial charge in [-0.1, -0.05) is 20.3 Å². The molecule has 1 saturated heterocycles. The Morgan fingerprint density at radius 3 is 2.84 bits per heavy atom. The van der Waals surface area contributed by atoms with Gasteiger partial charge in [-0.15, -0.1) is 0 Å². The van der Waals surface area contributed by atoms with Gasteiger partial charge in [0.2, 0.25) is 11.8 Å². The Balaban J connectivity index is 1.50. The summed E-state index contributed by atoms with van der Waals surface area (Å²) in [6.45, 7) is 3.87. The van der Waals surface area contributed by atoms with E-state index < -0.39 is 24.1 Å². The second-order valence-electron chi connectivity index (χ2n) is 9.57. The molecule has 2 amide bonds. The van der Waals surface area contributed by atoms with Crippen LogP contribution in [0.25, 0.3) is 10.9 Å². The number of nitrogens with one attached hydrogen (secondary N) is 1. The van der Waals surface area contributed by atoms with Gasteiger partial charge in [0.25, 0.3) is 0 Å². The van der Waals surface area contributed by atoms with Gasteiger partial charge in [0, 0.05) is 24.0 Å². The number of halogens is 1. The molecule has 10 heteroatoms. The van der Waals surface area contributed by atoms with Gasteiger partial charge in [-0.25, -0.2) is 9.18 Å². The van der Waals surface area contributed by atoms with Crippen LogP contribution in [0, 0.1) is 5.41 Å². The minimum absolute atomic E-state index is 0.0149. The molecule has 0 spiro atoms. The van der Waals surface area contributed by atoms with Crippen molar-refractivity contribution in [3.63, 3.8) is 0 Å². The number of fused-ring (bicyclic) bond motifs is 1. The van der Waals surface area contributed by atoms with E-state index in [1.807, 2.05) is 0 Å². The summed E-state index contributed by atoms with van der Waals surface area (Å²) in [5.41, 5.74) is 0.343. The number of likely N-dealkylation sites (tertiary alicyclic amines) is 1. The Labute approximate surface area is 185 Å². The van der Waals surface area contributed by atoms with E-state index in [9.17, 15) is 23.9 Å². The lowest BCUT2D eigenvalue weighted by atomic mass is 9.75. The number of nitrogens with zero attached hydrogens (tertiary/aromatic N) is 4. The molecular weight excluding hydrogens is 417 g/mol. The van der Waals surface area contributed by atoms with E-state index in [1.165, 1.54) is 28.0 Å². The van der Waals surface area contributed by atoms with Crippen LogP contribution in [-0.2, 0) is 16.1 Å². The van der Waals surface area contributed by atoms with Gasteiger partial charge in [-0.05, 0) is 30.7 Å². The van der Waals surface area contributed by atoms with E-state index in [0.29, 0.717) is 10.9 Å². The van der Waals surface area contributed by atoms with Gasteiger partial charge in [0.15, 0.2) is 5.69 Å². The highest BCUT2D eigenvalue weighted by molar-refractivity contribution is 6.01. The van der Waals surface area contributed by atoms with E-state index in [4.69, 9.17) is 0 Å². The molecule has 0 aromatic carbocycles. The largest absolute Gasteiger partial charge is 0.476 e. The third-order valence-electron chi connectivity index (χ3n) is 6.47. The molecule has 3 atom stereocenters. The first kappa shape index (κ1) is 22.2. The molecule has 1 aliphatic heterocycles. The number of aromatic carboxylic acids is 1. The molecule has 9 nitrogen and oxygen atoms in total. The minimum Gasteiger partial charge on any atom is -0.476 e. The molecule has 2 fully saturated rings. The van der Waals surface area contributed by atoms with E-state index in [-0.39, 0.29) is 42.6 Å². The second-order valence-corrected chi connectivity index (χ2v) is 9.57. The third kappa shape index (κ3) is 4.44. The maximum absolute atomic E-state index is 14.3. The maximum Gasteiger partial charge on any atom is 0.357 e. The van der Waals surface area contributed by atoms with Crippen molar-refractivity contribution in [3.05, 3.63) is 24.2 Å². The van der Waals surface area contributed by atoms with Crippen molar-refractivity contribution in [2.75, 3.05) is 6.54 Å². The molecule has 4 rings (SSSR count). The number of carboxylic acid groups (broad SMARTS) is 1. The first-order valence-electron chi connectivity index (χ1n) is 10.9. The molecule has 2 N–H and O–H groups in total. The first-order chi connectivity index (χ1) is 15.1. The topological polar surface area (TPSA) is 117 Å². The summed E-state index contributed by atoms with van der Waals surface area (Å²) in [4.78, 5) is 42.7. The van der Waals surface area contributed by atoms with Crippen LogP contribution in [0.3, 0.4) is 0 Å². The SMILES string of the molecule is CC1(C)CCC[C@H](NC(=O)[C@@H]2C[C@@H](F)CN2C(=O)Cn2nc(C(=O)O)c3ccncc32)C1. The lowest BCUT2D eigenvalue weighted by Crippen LogP contribution is -2.50. The average molecular weight is 445 g/mol. The fourth-order valence-corrected chi connectivity index (χ4v) is 4.95. The summed E-state index contributed by atoms with van der Waals surface area (Å²) in [6, 6.07) is 0.643. The predicted molar refractivity (Wildman–Crippen MR) is 114 cm³/mol. The molecule has 1 aliphatic carbocycles. The summed E-state index contributed by atoms with van der Waals surface area (Å²) in [5, 5.41) is 16.8. The molecule has 2 aromatic heterocycles. The van der Waals surface area contributed by atoms with E-state index >= 15 is 0 Å². The molecule has 1 saturated carbocycles. The van der Waals surface area contributed by atoms with Crippen molar-refractivity contribution in [1.82, 2.24) is 25.0 Å². The number of carbonyl (C=O) groups excluding carboxylic acids is 2. The lowest BCUT2D eigenvalue weighted by Gasteiger charge is -2.36. The minimum atomic E-state index is -1.29. The number of aromatic nitrogens is 3. The molecule has 2 aliphatic rings. The van der Waals surface area contributed by atoms with E-state index in [1.54, 1.807) is 0 Å². The zero-order valence-corrected chi connectivity index (χ0v) is 18.3. The van der Waals surface area contributed by atoms with Crippen molar-refractivity contribution < 1.29 is 23.9 Å². The van der Waals surface area contributed by atoms with E-state index in [2.05, 4.69) is 29.2 Å². The van der Waals surface area contributed by atoms with Gasteiger partial charge in [-0.2, -0.15) is 5.10 Å².